The van der Waals surface area contributed by atoms with Crippen LogP contribution in [0.3, 0.4) is 0 Å². The molecule has 6 nitrogen and oxygen atoms in total. The van der Waals surface area contributed by atoms with Gasteiger partial charge in [-0.15, -0.1) is 0 Å². The molecule has 0 atom stereocenters. The van der Waals surface area contributed by atoms with Crippen molar-refractivity contribution in [1.29, 1.82) is 0 Å². The number of halogens is 1. The topological polar surface area (TPSA) is 87.4 Å². The minimum atomic E-state index is -0.605. The molecule has 1 aliphatic carbocycles. The Morgan fingerprint density at radius 2 is 2.17 bits per heavy atom. The maximum atomic E-state index is 12.1. The average Bonchev–Trinajstić information content (AvgIpc) is 3.17. The number of anilines is 1. The van der Waals surface area contributed by atoms with Crippen molar-refractivity contribution >= 4 is 17.3 Å². The molecule has 7 heteroatoms. The van der Waals surface area contributed by atoms with Crippen molar-refractivity contribution in [3.05, 3.63) is 21.6 Å². The summed E-state index contributed by atoms with van der Waals surface area (Å²) in [4.78, 5) is 12.1. The maximum Gasteiger partial charge on any atom is 0.291 e. The maximum absolute atomic E-state index is 12.1. The number of aliphatic hydroxyl groups excluding tert-OH is 2. The lowest BCUT2D eigenvalue weighted by molar-refractivity contribution is 0.203. The number of aromatic nitrogens is 2. The van der Waals surface area contributed by atoms with Crippen molar-refractivity contribution in [3.63, 3.8) is 0 Å². The van der Waals surface area contributed by atoms with Crippen molar-refractivity contribution in [2.24, 2.45) is 5.92 Å². The Morgan fingerprint density at radius 1 is 1.50 bits per heavy atom. The summed E-state index contributed by atoms with van der Waals surface area (Å²) in [5.41, 5.74) is -0.137. The summed E-state index contributed by atoms with van der Waals surface area (Å²) in [5.74, 6) is 0.524. The fourth-order valence-corrected chi connectivity index (χ4v) is 1.81. The highest BCUT2D eigenvalue weighted by atomic mass is 35.5. The molecule has 0 radical (unpaired) electrons. The molecule has 0 saturated heterocycles. The van der Waals surface area contributed by atoms with Gasteiger partial charge in [0, 0.05) is 6.54 Å². The normalized spacial score (nSPS) is 15.1. The van der Waals surface area contributed by atoms with Crippen LogP contribution in [0.5, 0.6) is 0 Å². The predicted octanol–water partition coefficient (Wildman–Crippen LogP) is 0.0718. The summed E-state index contributed by atoms with van der Waals surface area (Å²) in [6.07, 6.45) is 3.64. The minimum Gasteiger partial charge on any atom is -0.394 e. The van der Waals surface area contributed by atoms with E-state index in [1.807, 2.05) is 0 Å². The Balaban J connectivity index is 2.23. The highest BCUT2D eigenvalue weighted by Gasteiger charge is 2.24. The third-order valence-electron chi connectivity index (χ3n) is 2.91. The molecule has 1 saturated carbocycles. The van der Waals surface area contributed by atoms with E-state index in [4.69, 9.17) is 21.8 Å². The molecular weight excluding hydrogens is 258 g/mol. The summed E-state index contributed by atoms with van der Waals surface area (Å²) in [7, 11) is 0. The zero-order valence-electron chi connectivity index (χ0n) is 9.84. The molecule has 0 aliphatic heterocycles. The van der Waals surface area contributed by atoms with E-state index in [0.717, 1.165) is 12.8 Å². The van der Waals surface area contributed by atoms with Crippen molar-refractivity contribution in [2.45, 2.75) is 25.4 Å². The van der Waals surface area contributed by atoms with Gasteiger partial charge in [-0.25, -0.2) is 4.68 Å². The molecule has 0 amide bonds. The second-order valence-corrected chi connectivity index (χ2v) is 4.91. The smallest absolute Gasteiger partial charge is 0.291 e. The summed E-state index contributed by atoms with van der Waals surface area (Å²) < 4.78 is 1.37. The van der Waals surface area contributed by atoms with Crippen LogP contribution in [0.1, 0.15) is 12.8 Å². The lowest BCUT2D eigenvalue weighted by Crippen LogP contribution is -2.34. The molecule has 18 heavy (non-hydrogen) atoms. The molecule has 3 N–H and O–H groups in total. The van der Waals surface area contributed by atoms with Gasteiger partial charge < -0.3 is 15.5 Å². The number of rotatable bonds is 6. The minimum absolute atomic E-state index is 0.181. The van der Waals surface area contributed by atoms with Gasteiger partial charge in [-0.2, -0.15) is 5.10 Å². The third-order valence-corrected chi connectivity index (χ3v) is 3.20. The van der Waals surface area contributed by atoms with Gasteiger partial charge in [0.25, 0.3) is 5.56 Å². The number of nitrogens with zero attached hydrogens (tertiary/aromatic N) is 2. The van der Waals surface area contributed by atoms with Crippen LogP contribution < -0.4 is 10.9 Å². The molecule has 1 heterocycles. The standard InChI is InChI=1S/C11H16ClN3O3/c12-9-3-13-15(4-7-1-2-7)11(18)10(9)14-8(5-16)6-17/h3,7-8,14,16-17H,1-2,4-6H2. The lowest BCUT2D eigenvalue weighted by Gasteiger charge is -2.16. The first-order chi connectivity index (χ1) is 8.65. The Morgan fingerprint density at radius 3 is 2.72 bits per heavy atom. The van der Waals surface area contributed by atoms with Gasteiger partial charge in [0.1, 0.15) is 5.69 Å². The first-order valence-electron chi connectivity index (χ1n) is 5.89. The second kappa shape index (κ2) is 5.69. The first kappa shape index (κ1) is 13.3. The third kappa shape index (κ3) is 3.01. The molecule has 0 bridgehead atoms. The van der Waals surface area contributed by atoms with Crippen LogP contribution in [0.4, 0.5) is 5.69 Å². The highest BCUT2D eigenvalue weighted by molar-refractivity contribution is 6.33. The van der Waals surface area contributed by atoms with Crippen LogP contribution in [-0.4, -0.2) is 39.2 Å². The van der Waals surface area contributed by atoms with Crippen LogP contribution in [0, 0.1) is 5.92 Å². The first-order valence-corrected chi connectivity index (χ1v) is 6.27. The monoisotopic (exact) mass is 273 g/mol. The van der Waals surface area contributed by atoms with Crippen molar-refractivity contribution < 1.29 is 10.2 Å². The van der Waals surface area contributed by atoms with Crippen LogP contribution in [0.15, 0.2) is 11.0 Å². The zero-order chi connectivity index (χ0) is 13.1. The number of nitrogens with one attached hydrogen (secondary N) is 1. The van der Waals surface area contributed by atoms with E-state index in [2.05, 4.69) is 10.4 Å². The van der Waals surface area contributed by atoms with Crippen molar-refractivity contribution in [3.8, 4) is 0 Å². The molecule has 1 fully saturated rings. The van der Waals surface area contributed by atoms with Crippen molar-refractivity contribution in [1.82, 2.24) is 9.78 Å². The van der Waals surface area contributed by atoms with Gasteiger partial charge in [0.05, 0.1) is 30.5 Å². The quantitative estimate of drug-likeness (QED) is 0.683. The summed E-state index contributed by atoms with van der Waals surface area (Å²) >= 11 is 5.91. The lowest BCUT2D eigenvalue weighted by atomic mass is 10.3. The van der Waals surface area contributed by atoms with E-state index >= 15 is 0 Å². The predicted molar refractivity (Wildman–Crippen MR) is 67.8 cm³/mol. The molecule has 0 unspecified atom stereocenters. The van der Waals surface area contributed by atoms with E-state index in [0.29, 0.717) is 12.5 Å². The van der Waals surface area contributed by atoms with Crippen molar-refractivity contribution in [2.75, 3.05) is 18.5 Å². The molecule has 1 aliphatic rings. The molecule has 0 spiro atoms. The summed E-state index contributed by atoms with van der Waals surface area (Å²) in [5, 5.41) is 24.9. The molecule has 0 aromatic carbocycles. The van der Waals surface area contributed by atoms with E-state index in [1.54, 1.807) is 0 Å². The fraction of sp³-hybridized carbons (Fsp3) is 0.636. The molecule has 1 aromatic heterocycles. The Bertz CT molecular complexity index is 469. The van der Waals surface area contributed by atoms with Crippen LogP contribution >= 0.6 is 11.6 Å². The molecule has 100 valence electrons. The van der Waals surface area contributed by atoms with E-state index < -0.39 is 6.04 Å². The molecule has 2 rings (SSSR count). The average molecular weight is 274 g/mol. The number of hydrogen-bond acceptors (Lipinski definition) is 5. The zero-order valence-corrected chi connectivity index (χ0v) is 10.6. The van der Waals surface area contributed by atoms with Gasteiger partial charge in [0.2, 0.25) is 0 Å². The summed E-state index contributed by atoms with van der Waals surface area (Å²) in [6.45, 7) is 0.0298. The Hall–Kier alpha value is -1.11. The SMILES string of the molecule is O=c1c(NC(CO)CO)c(Cl)cnn1CC1CC1. The molecular formula is C11H16ClN3O3. The van der Waals surface area contributed by atoms with E-state index in [-0.39, 0.29) is 29.5 Å². The number of aliphatic hydroxyl groups is 2. The van der Waals surface area contributed by atoms with Crippen LogP contribution in [-0.2, 0) is 6.54 Å². The summed E-state index contributed by atoms with van der Waals surface area (Å²) in [6, 6.07) is -0.605. The number of hydrogen-bond donors (Lipinski definition) is 3. The van der Waals surface area contributed by atoms with Gasteiger partial charge in [0.15, 0.2) is 0 Å². The van der Waals surface area contributed by atoms with E-state index in [9.17, 15) is 4.79 Å². The van der Waals surface area contributed by atoms with Crippen LogP contribution in [0.2, 0.25) is 5.02 Å². The second-order valence-electron chi connectivity index (χ2n) is 4.50. The highest BCUT2D eigenvalue weighted by Crippen LogP contribution is 2.30. The fourth-order valence-electron chi connectivity index (χ4n) is 1.63. The Kier molecular flexibility index (Phi) is 4.21. The van der Waals surface area contributed by atoms with Gasteiger partial charge in [-0.3, -0.25) is 4.79 Å². The van der Waals surface area contributed by atoms with Gasteiger partial charge >= 0.3 is 0 Å². The Labute approximate surface area is 109 Å². The van der Waals surface area contributed by atoms with Gasteiger partial charge in [-0.05, 0) is 18.8 Å². The van der Waals surface area contributed by atoms with Crippen LogP contribution in [0.25, 0.3) is 0 Å². The van der Waals surface area contributed by atoms with Gasteiger partial charge in [-0.1, -0.05) is 11.6 Å². The largest absolute Gasteiger partial charge is 0.394 e. The van der Waals surface area contributed by atoms with E-state index in [1.165, 1.54) is 10.9 Å². The molecule has 1 aromatic rings.